The predicted molar refractivity (Wildman–Crippen MR) is 58.8 cm³/mol. The SMILES string of the molecule is CC(C)N(CC1CC1)C(=O)NC(=O)CCl. The van der Waals surface area contributed by atoms with Gasteiger partial charge in [-0.3, -0.25) is 10.1 Å². The number of nitrogens with zero attached hydrogens (tertiary/aromatic N) is 1. The maximum Gasteiger partial charge on any atom is 0.324 e. The maximum absolute atomic E-state index is 11.7. The molecule has 0 aromatic carbocycles. The summed E-state index contributed by atoms with van der Waals surface area (Å²) in [6, 6.07) is -0.226. The average molecular weight is 233 g/mol. The Balaban J connectivity index is 2.46. The summed E-state index contributed by atoms with van der Waals surface area (Å²) < 4.78 is 0. The summed E-state index contributed by atoms with van der Waals surface area (Å²) in [5, 5.41) is 2.26. The van der Waals surface area contributed by atoms with Crippen molar-refractivity contribution in [3.05, 3.63) is 0 Å². The van der Waals surface area contributed by atoms with Crippen LogP contribution in [0.1, 0.15) is 26.7 Å². The number of nitrogens with one attached hydrogen (secondary N) is 1. The third-order valence-corrected chi connectivity index (χ3v) is 2.65. The molecule has 0 bridgehead atoms. The molecule has 1 saturated carbocycles. The van der Waals surface area contributed by atoms with Crippen LogP contribution < -0.4 is 5.32 Å². The first-order valence-electron chi connectivity index (χ1n) is 5.21. The fraction of sp³-hybridized carbons (Fsp3) is 0.800. The topological polar surface area (TPSA) is 49.4 Å². The second-order valence-electron chi connectivity index (χ2n) is 4.18. The quantitative estimate of drug-likeness (QED) is 0.749. The number of rotatable bonds is 4. The van der Waals surface area contributed by atoms with Crippen molar-refractivity contribution in [2.45, 2.75) is 32.7 Å². The zero-order chi connectivity index (χ0) is 11.4. The lowest BCUT2D eigenvalue weighted by Crippen LogP contribution is -2.47. The van der Waals surface area contributed by atoms with E-state index in [0.29, 0.717) is 5.92 Å². The molecule has 0 unspecified atom stereocenters. The summed E-state index contributed by atoms with van der Waals surface area (Å²) in [6.45, 7) is 4.61. The number of imide groups is 1. The van der Waals surface area contributed by atoms with Gasteiger partial charge in [0.05, 0.1) is 0 Å². The summed E-state index contributed by atoms with van der Waals surface area (Å²) in [6.07, 6.45) is 2.36. The van der Waals surface area contributed by atoms with Gasteiger partial charge in [0.25, 0.3) is 0 Å². The molecule has 0 heterocycles. The van der Waals surface area contributed by atoms with Gasteiger partial charge >= 0.3 is 6.03 Å². The van der Waals surface area contributed by atoms with Crippen molar-refractivity contribution >= 4 is 23.5 Å². The molecule has 0 radical (unpaired) electrons. The molecule has 15 heavy (non-hydrogen) atoms. The van der Waals surface area contributed by atoms with Gasteiger partial charge in [0.15, 0.2) is 0 Å². The minimum Gasteiger partial charge on any atom is -0.322 e. The van der Waals surface area contributed by atoms with Gasteiger partial charge in [-0.2, -0.15) is 0 Å². The monoisotopic (exact) mass is 232 g/mol. The van der Waals surface area contributed by atoms with Gasteiger partial charge in [0.2, 0.25) is 5.91 Å². The van der Waals surface area contributed by atoms with E-state index < -0.39 is 5.91 Å². The van der Waals surface area contributed by atoms with Crippen LogP contribution in [0.5, 0.6) is 0 Å². The highest BCUT2D eigenvalue weighted by Gasteiger charge is 2.28. The van der Waals surface area contributed by atoms with Crippen LogP contribution in [0.25, 0.3) is 0 Å². The molecule has 0 spiro atoms. The van der Waals surface area contributed by atoms with E-state index in [9.17, 15) is 9.59 Å². The summed E-state index contributed by atoms with van der Waals surface area (Å²) in [4.78, 5) is 24.3. The molecule has 0 aliphatic heterocycles. The fourth-order valence-corrected chi connectivity index (χ4v) is 1.40. The molecule has 0 atom stereocenters. The first-order chi connectivity index (χ1) is 7.04. The van der Waals surface area contributed by atoms with Gasteiger partial charge in [-0.05, 0) is 32.6 Å². The highest BCUT2D eigenvalue weighted by Crippen LogP contribution is 2.30. The molecule has 0 aromatic heterocycles. The number of carbonyl (C=O) groups is 2. The zero-order valence-corrected chi connectivity index (χ0v) is 9.88. The van der Waals surface area contributed by atoms with Crippen molar-refractivity contribution in [3.8, 4) is 0 Å². The van der Waals surface area contributed by atoms with E-state index in [1.807, 2.05) is 13.8 Å². The van der Waals surface area contributed by atoms with Crippen molar-refractivity contribution in [2.75, 3.05) is 12.4 Å². The summed E-state index contributed by atoms with van der Waals surface area (Å²) in [5.41, 5.74) is 0. The summed E-state index contributed by atoms with van der Waals surface area (Å²) >= 11 is 5.32. The van der Waals surface area contributed by atoms with Crippen LogP contribution in [0, 0.1) is 5.92 Å². The lowest BCUT2D eigenvalue weighted by atomic mass is 10.3. The number of halogens is 1. The van der Waals surface area contributed by atoms with Crippen LogP contribution in [0.3, 0.4) is 0 Å². The van der Waals surface area contributed by atoms with Crippen LogP contribution in [0.4, 0.5) is 4.79 Å². The van der Waals surface area contributed by atoms with Crippen molar-refractivity contribution in [2.24, 2.45) is 5.92 Å². The average Bonchev–Trinajstić information content (AvgIpc) is 2.96. The highest BCUT2D eigenvalue weighted by molar-refractivity contribution is 6.28. The molecular weight excluding hydrogens is 216 g/mol. The molecular formula is C10H17ClN2O2. The maximum atomic E-state index is 11.7. The Labute approximate surface area is 95.0 Å². The predicted octanol–water partition coefficient (Wildman–Crippen LogP) is 1.58. The Morgan fingerprint density at radius 3 is 2.47 bits per heavy atom. The highest BCUT2D eigenvalue weighted by atomic mass is 35.5. The lowest BCUT2D eigenvalue weighted by molar-refractivity contribution is -0.117. The minimum atomic E-state index is -0.442. The third-order valence-electron chi connectivity index (χ3n) is 2.40. The van der Waals surface area contributed by atoms with Gasteiger partial charge < -0.3 is 4.90 Å². The standard InChI is InChI=1S/C10H17ClN2O2/c1-7(2)13(6-8-3-4-8)10(15)12-9(14)5-11/h7-8H,3-6H2,1-2H3,(H,12,14,15). The van der Waals surface area contributed by atoms with Gasteiger partial charge in [-0.25, -0.2) is 4.79 Å². The molecule has 3 amide bonds. The van der Waals surface area contributed by atoms with Crippen molar-refractivity contribution in [1.29, 1.82) is 0 Å². The van der Waals surface area contributed by atoms with Gasteiger partial charge in [0, 0.05) is 12.6 Å². The van der Waals surface area contributed by atoms with Crippen LogP contribution >= 0.6 is 11.6 Å². The molecule has 1 rings (SSSR count). The van der Waals surface area contributed by atoms with E-state index in [1.165, 1.54) is 12.8 Å². The van der Waals surface area contributed by atoms with E-state index in [-0.39, 0.29) is 18.0 Å². The minimum absolute atomic E-state index is 0.105. The van der Waals surface area contributed by atoms with E-state index in [0.717, 1.165) is 6.54 Å². The smallest absolute Gasteiger partial charge is 0.322 e. The van der Waals surface area contributed by atoms with E-state index in [4.69, 9.17) is 11.6 Å². The Hall–Kier alpha value is -0.770. The van der Waals surface area contributed by atoms with Gasteiger partial charge in [0.1, 0.15) is 5.88 Å². The van der Waals surface area contributed by atoms with E-state index in [1.54, 1.807) is 4.90 Å². The number of amides is 3. The fourth-order valence-electron chi connectivity index (χ4n) is 1.33. The van der Waals surface area contributed by atoms with Crippen LogP contribution in [-0.4, -0.2) is 35.3 Å². The van der Waals surface area contributed by atoms with Crippen molar-refractivity contribution in [1.82, 2.24) is 10.2 Å². The largest absolute Gasteiger partial charge is 0.324 e. The Kier molecular flexibility index (Phi) is 4.39. The normalized spacial score (nSPS) is 15.2. The molecule has 1 aliphatic carbocycles. The first-order valence-corrected chi connectivity index (χ1v) is 5.74. The van der Waals surface area contributed by atoms with Crippen LogP contribution in [-0.2, 0) is 4.79 Å². The third kappa shape index (κ3) is 4.08. The van der Waals surface area contributed by atoms with Crippen LogP contribution in [0.15, 0.2) is 0 Å². The van der Waals surface area contributed by atoms with E-state index in [2.05, 4.69) is 5.32 Å². The number of alkyl halides is 1. The molecule has 4 nitrogen and oxygen atoms in total. The number of hydrogen-bond donors (Lipinski definition) is 1. The van der Waals surface area contributed by atoms with Crippen LogP contribution in [0.2, 0.25) is 0 Å². The van der Waals surface area contributed by atoms with E-state index >= 15 is 0 Å². The van der Waals surface area contributed by atoms with Gasteiger partial charge in [-0.15, -0.1) is 11.6 Å². The number of hydrogen-bond acceptors (Lipinski definition) is 2. The molecule has 1 aliphatic rings. The number of carbonyl (C=O) groups excluding carboxylic acids is 2. The molecule has 1 N–H and O–H groups in total. The Morgan fingerprint density at radius 2 is 2.07 bits per heavy atom. The zero-order valence-electron chi connectivity index (χ0n) is 9.12. The number of urea groups is 1. The first kappa shape index (κ1) is 12.3. The summed E-state index contributed by atoms with van der Waals surface area (Å²) in [7, 11) is 0. The Bertz CT molecular complexity index is 252. The van der Waals surface area contributed by atoms with Crippen molar-refractivity contribution < 1.29 is 9.59 Å². The molecule has 1 fully saturated rings. The van der Waals surface area contributed by atoms with Crippen molar-refractivity contribution in [3.63, 3.8) is 0 Å². The Morgan fingerprint density at radius 1 is 1.47 bits per heavy atom. The molecule has 86 valence electrons. The molecule has 5 heteroatoms. The second-order valence-corrected chi connectivity index (χ2v) is 4.44. The van der Waals surface area contributed by atoms with Gasteiger partial charge in [-0.1, -0.05) is 0 Å². The second kappa shape index (κ2) is 5.35. The summed E-state index contributed by atoms with van der Waals surface area (Å²) in [5.74, 6) is -0.00597. The molecule has 0 aromatic rings. The lowest BCUT2D eigenvalue weighted by Gasteiger charge is -2.26. The molecule has 0 saturated heterocycles.